The van der Waals surface area contributed by atoms with E-state index < -0.39 is 0 Å². The molecular formula is C26H33N3O3. The molecule has 3 heterocycles. The van der Waals surface area contributed by atoms with Gasteiger partial charge in [-0.2, -0.15) is 0 Å². The Balaban J connectivity index is 1.70. The highest BCUT2D eigenvalue weighted by atomic mass is 16.5. The molecular weight excluding hydrogens is 402 g/mol. The Labute approximate surface area is 190 Å². The van der Waals surface area contributed by atoms with E-state index in [4.69, 9.17) is 14.1 Å². The van der Waals surface area contributed by atoms with Crippen LogP contribution in [0.2, 0.25) is 0 Å². The molecule has 0 radical (unpaired) electrons. The number of aryl methyl sites for hydroxylation is 1. The number of ether oxygens (including phenoxy) is 1. The van der Waals surface area contributed by atoms with Crippen molar-refractivity contribution < 1.29 is 13.9 Å². The Bertz CT molecular complexity index is 1020. The fraction of sp³-hybridized carbons (Fsp3) is 0.462. The number of hydrogen-bond acceptors (Lipinski definition) is 5. The molecule has 1 amide bonds. The van der Waals surface area contributed by atoms with Gasteiger partial charge in [0.1, 0.15) is 12.1 Å². The number of aromatic nitrogens is 1. The summed E-state index contributed by atoms with van der Waals surface area (Å²) in [6.45, 7) is 5.86. The average molecular weight is 436 g/mol. The number of carbonyl (C=O) groups excluding carboxylic acids is 1. The Hall–Kier alpha value is -2.86. The zero-order valence-electron chi connectivity index (χ0n) is 19.2. The van der Waals surface area contributed by atoms with Crippen LogP contribution in [0.25, 0.3) is 10.9 Å². The predicted molar refractivity (Wildman–Crippen MR) is 127 cm³/mol. The number of amides is 1. The molecule has 6 heteroatoms. The number of rotatable bonds is 8. The maximum atomic E-state index is 13.2. The molecule has 4 rings (SSSR count). The summed E-state index contributed by atoms with van der Waals surface area (Å²) in [6.07, 6.45) is 8.73. The van der Waals surface area contributed by atoms with Gasteiger partial charge in [0.25, 0.3) is 5.91 Å². The average Bonchev–Trinajstić information content (AvgIpc) is 3.20. The Morgan fingerprint density at radius 1 is 1.16 bits per heavy atom. The van der Waals surface area contributed by atoms with Crippen LogP contribution in [0.4, 0.5) is 5.82 Å². The van der Waals surface area contributed by atoms with Crippen molar-refractivity contribution in [1.29, 1.82) is 0 Å². The molecule has 2 aromatic heterocycles. The third-order valence-corrected chi connectivity index (χ3v) is 6.13. The maximum absolute atomic E-state index is 13.2. The number of anilines is 1. The van der Waals surface area contributed by atoms with E-state index in [1.165, 1.54) is 37.5 Å². The minimum atomic E-state index is -0.0272. The number of methoxy groups -OCH3 is 1. The van der Waals surface area contributed by atoms with E-state index in [1.807, 2.05) is 4.90 Å². The third kappa shape index (κ3) is 5.30. The fourth-order valence-corrected chi connectivity index (χ4v) is 4.41. The molecule has 1 aliphatic heterocycles. The van der Waals surface area contributed by atoms with Crippen LogP contribution in [-0.4, -0.2) is 49.1 Å². The first-order valence-corrected chi connectivity index (χ1v) is 11.6. The van der Waals surface area contributed by atoms with Gasteiger partial charge in [0.2, 0.25) is 0 Å². The molecule has 0 atom stereocenters. The quantitative estimate of drug-likeness (QED) is 0.456. The SMILES string of the molecule is COCCCN(Cc1cc2ccc(C)cc2nc1N1CCCCCC1)C(=O)c1ccoc1. The summed E-state index contributed by atoms with van der Waals surface area (Å²) in [5.41, 5.74) is 3.89. The van der Waals surface area contributed by atoms with Crippen LogP contribution in [0.3, 0.4) is 0 Å². The minimum Gasteiger partial charge on any atom is -0.472 e. The fourth-order valence-electron chi connectivity index (χ4n) is 4.41. The van der Waals surface area contributed by atoms with Crippen molar-refractivity contribution in [3.8, 4) is 0 Å². The largest absolute Gasteiger partial charge is 0.472 e. The van der Waals surface area contributed by atoms with Gasteiger partial charge in [0.05, 0.1) is 17.3 Å². The zero-order valence-corrected chi connectivity index (χ0v) is 19.2. The van der Waals surface area contributed by atoms with E-state index in [0.717, 1.165) is 41.8 Å². The number of fused-ring (bicyclic) bond motifs is 1. The van der Waals surface area contributed by atoms with Crippen molar-refractivity contribution in [1.82, 2.24) is 9.88 Å². The molecule has 0 spiro atoms. The van der Waals surface area contributed by atoms with E-state index in [9.17, 15) is 4.79 Å². The van der Waals surface area contributed by atoms with Gasteiger partial charge in [-0.1, -0.05) is 25.0 Å². The number of furan rings is 1. The predicted octanol–water partition coefficient (Wildman–Crippen LogP) is 5.20. The van der Waals surface area contributed by atoms with E-state index in [2.05, 4.69) is 36.1 Å². The molecule has 0 bridgehead atoms. The first kappa shape index (κ1) is 22.3. The van der Waals surface area contributed by atoms with Crippen LogP contribution < -0.4 is 4.90 Å². The normalized spacial score (nSPS) is 14.5. The summed E-state index contributed by atoms with van der Waals surface area (Å²) >= 11 is 0. The Morgan fingerprint density at radius 2 is 1.97 bits per heavy atom. The summed E-state index contributed by atoms with van der Waals surface area (Å²) in [7, 11) is 1.69. The van der Waals surface area contributed by atoms with Gasteiger partial charge in [-0.15, -0.1) is 0 Å². The molecule has 6 nitrogen and oxygen atoms in total. The van der Waals surface area contributed by atoms with Gasteiger partial charge in [-0.25, -0.2) is 4.98 Å². The van der Waals surface area contributed by atoms with E-state index in [0.29, 0.717) is 25.3 Å². The van der Waals surface area contributed by atoms with Crippen LogP contribution in [0.1, 0.15) is 53.6 Å². The Morgan fingerprint density at radius 3 is 2.69 bits per heavy atom. The lowest BCUT2D eigenvalue weighted by molar-refractivity contribution is 0.0723. The van der Waals surface area contributed by atoms with Gasteiger partial charge in [-0.05, 0) is 49.9 Å². The van der Waals surface area contributed by atoms with Crippen LogP contribution in [0.15, 0.2) is 47.3 Å². The molecule has 1 fully saturated rings. The minimum absolute atomic E-state index is 0.0272. The summed E-state index contributed by atoms with van der Waals surface area (Å²) in [5.74, 6) is 0.988. The lowest BCUT2D eigenvalue weighted by Gasteiger charge is -2.28. The van der Waals surface area contributed by atoms with E-state index in [-0.39, 0.29) is 5.91 Å². The Kier molecular flexibility index (Phi) is 7.43. The molecule has 0 N–H and O–H groups in total. The van der Waals surface area contributed by atoms with Crippen molar-refractivity contribution in [2.75, 3.05) is 38.3 Å². The van der Waals surface area contributed by atoms with Crippen molar-refractivity contribution >= 4 is 22.6 Å². The topological polar surface area (TPSA) is 58.8 Å². The first-order chi connectivity index (χ1) is 15.7. The molecule has 1 aromatic carbocycles. The number of carbonyl (C=O) groups is 1. The van der Waals surface area contributed by atoms with Crippen LogP contribution in [-0.2, 0) is 11.3 Å². The van der Waals surface area contributed by atoms with Crippen molar-refractivity contribution in [3.05, 3.63) is 59.5 Å². The second kappa shape index (κ2) is 10.6. The van der Waals surface area contributed by atoms with Crippen LogP contribution in [0.5, 0.6) is 0 Å². The lowest BCUT2D eigenvalue weighted by Crippen LogP contribution is -2.33. The molecule has 1 aliphatic rings. The molecule has 170 valence electrons. The van der Waals surface area contributed by atoms with Gasteiger partial charge in [-0.3, -0.25) is 4.79 Å². The number of nitrogens with zero attached hydrogens (tertiary/aromatic N) is 3. The number of benzene rings is 1. The third-order valence-electron chi connectivity index (χ3n) is 6.13. The lowest BCUT2D eigenvalue weighted by atomic mass is 10.1. The van der Waals surface area contributed by atoms with Gasteiger partial charge in [0, 0.05) is 50.8 Å². The van der Waals surface area contributed by atoms with Crippen molar-refractivity contribution in [2.24, 2.45) is 0 Å². The number of hydrogen-bond donors (Lipinski definition) is 0. The molecule has 0 unspecified atom stereocenters. The molecule has 0 aliphatic carbocycles. The number of pyridine rings is 1. The molecule has 32 heavy (non-hydrogen) atoms. The van der Waals surface area contributed by atoms with Crippen LogP contribution in [0, 0.1) is 6.92 Å². The molecule has 3 aromatic rings. The highest BCUT2D eigenvalue weighted by molar-refractivity contribution is 5.94. The van der Waals surface area contributed by atoms with Gasteiger partial charge in [0.15, 0.2) is 0 Å². The monoisotopic (exact) mass is 435 g/mol. The standard InChI is InChI=1S/C26H33N3O3/c1-20-8-9-21-17-23(25(27-24(21)16-20)28-11-5-3-4-6-12-28)18-29(13-7-14-31-2)26(30)22-10-15-32-19-22/h8-10,15-17,19H,3-7,11-14,18H2,1-2H3. The summed E-state index contributed by atoms with van der Waals surface area (Å²) < 4.78 is 10.4. The maximum Gasteiger partial charge on any atom is 0.257 e. The first-order valence-electron chi connectivity index (χ1n) is 11.6. The molecule has 0 saturated carbocycles. The highest BCUT2D eigenvalue weighted by Gasteiger charge is 2.22. The van der Waals surface area contributed by atoms with Crippen LogP contribution >= 0.6 is 0 Å². The molecule has 1 saturated heterocycles. The van der Waals surface area contributed by atoms with E-state index >= 15 is 0 Å². The second-order valence-corrected chi connectivity index (χ2v) is 8.65. The highest BCUT2D eigenvalue weighted by Crippen LogP contribution is 2.28. The summed E-state index contributed by atoms with van der Waals surface area (Å²) in [6, 6.07) is 10.3. The van der Waals surface area contributed by atoms with Gasteiger partial charge >= 0.3 is 0 Å². The summed E-state index contributed by atoms with van der Waals surface area (Å²) in [5, 5.41) is 1.11. The zero-order chi connectivity index (χ0) is 22.3. The summed E-state index contributed by atoms with van der Waals surface area (Å²) in [4.78, 5) is 22.7. The van der Waals surface area contributed by atoms with Crippen molar-refractivity contribution in [3.63, 3.8) is 0 Å². The van der Waals surface area contributed by atoms with Gasteiger partial charge < -0.3 is 19.0 Å². The van der Waals surface area contributed by atoms with Crippen molar-refractivity contribution in [2.45, 2.75) is 45.6 Å². The second-order valence-electron chi connectivity index (χ2n) is 8.65. The van der Waals surface area contributed by atoms with E-state index in [1.54, 1.807) is 19.4 Å². The smallest absolute Gasteiger partial charge is 0.257 e.